The highest BCUT2D eigenvalue weighted by Crippen LogP contribution is 2.28. The molecule has 4 N–H and O–H groups in total. The van der Waals surface area contributed by atoms with Crippen molar-refractivity contribution in [1.29, 1.82) is 0 Å². The van der Waals surface area contributed by atoms with Crippen molar-refractivity contribution in [2.75, 3.05) is 31.8 Å². The number of nitrogens with two attached hydrogens (primary N) is 1. The van der Waals surface area contributed by atoms with Gasteiger partial charge in [0.15, 0.2) is 0 Å². The van der Waals surface area contributed by atoms with Crippen molar-refractivity contribution in [3.63, 3.8) is 0 Å². The van der Waals surface area contributed by atoms with Crippen molar-refractivity contribution in [3.8, 4) is 5.75 Å². The molecule has 20 heavy (non-hydrogen) atoms. The van der Waals surface area contributed by atoms with Crippen LogP contribution in [0.5, 0.6) is 5.75 Å². The minimum absolute atomic E-state index is 0.217. The van der Waals surface area contributed by atoms with Crippen LogP contribution in [0.3, 0.4) is 0 Å². The molecule has 0 heterocycles. The van der Waals surface area contributed by atoms with Gasteiger partial charge < -0.3 is 25.8 Å². The summed E-state index contributed by atoms with van der Waals surface area (Å²) in [4.78, 5) is 23.5. The van der Waals surface area contributed by atoms with E-state index in [-0.39, 0.29) is 12.3 Å². The van der Waals surface area contributed by atoms with Crippen molar-refractivity contribution >= 4 is 23.4 Å². The molecule has 0 aliphatic carbocycles. The number of amides is 2. The Bertz CT molecular complexity index is 491. The van der Waals surface area contributed by atoms with Gasteiger partial charge in [0.25, 0.3) is 0 Å². The number of hydrogen-bond acceptors (Lipinski definition) is 4. The number of carbonyl (C=O) groups excluding carboxylic acids is 1. The molecule has 0 spiro atoms. The summed E-state index contributed by atoms with van der Waals surface area (Å²) in [7, 11) is 2.96. The van der Waals surface area contributed by atoms with E-state index < -0.39 is 6.09 Å². The molecule has 0 unspecified atom stereocenters. The van der Waals surface area contributed by atoms with E-state index in [1.807, 2.05) is 0 Å². The maximum Gasteiger partial charge on any atom is 0.407 e. The van der Waals surface area contributed by atoms with Gasteiger partial charge in [-0.3, -0.25) is 4.79 Å². The second-order valence-electron chi connectivity index (χ2n) is 4.28. The Kier molecular flexibility index (Phi) is 5.64. The van der Waals surface area contributed by atoms with Crippen LogP contribution >= 0.6 is 0 Å². The molecule has 1 rings (SSSR count). The summed E-state index contributed by atoms with van der Waals surface area (Å²) in [6.45, 7) is 0.302. The van der Waals surface area contributed by atoms with Crippen molar-refractivity contribution in [2.24, 2.45) is 0 Å². The molecule has 0 saturated heterocycles. The molecular weight excluding hydrogens is 262 g/mol. The minimum Gasteiger partial charge on any atom is -0.495 e. The molecule has 0 fully saturated rings. The van der Waals surface area contributed by atoms with Crippen LogP contribution in [0.4, 0.5) is 16.2 Å². The smallest absolute Gasteiger partial charge is 0.407 e. The second kappa shape index (κ2) is 7.22. The summed E-state index contributed by atoms with van der Waals surface area (Å²) in [6, 6.07) is 5.11. The van der Waals surface area contributed by atoms with Crippen LogP contribution in [-0.4, -0.2) is 42.7 Å². The van der Waals surface area contributed by atoms with Gasteiger partial charge in [-0.2, -0.15) is 0 Å². The maximum absolute atomic E-state index is 11.7. The third-order valence-electron chi connectivity index (χ3n) is 2.78. The zero-order valence-electron chi connectivity index (χ0n) is 11.5. The summed E-state index contributed by atoms with van der Waals surface area (Å²) in [5.41, 5.74) is 6.69. The number of rotatable bonds is 6. The Hall–Kier alpha value is -2.44. The second-order valence-corrected chi connectivity index (χ2v) is 4.28. The third-order valence-corrected chi connectivity index (χ3v) is 2.78. The average Bonchev–Trinajstić information content (AvgIpc) is 2.41. The topological polar surface area (TPSA) is 105 Å². The lowest BCUT2D eigenvalue weighted by Crippen LogP contribution is -2.26. The Morgan fingerprint density at radius 2 is 2.15 bits per heavy atom. The van der Waals surface area contributed by atoms with Crippen LogP contribution < -0.4 is 15.8 Å². The van der Waals surface area contributed by atoms with Crippen LogP contribution in [-0.2, 0) is 4.79 Å². The normalized spacial score (nSPS) is 9.90. The number of nitrogen functional groups attached to an aromatic ring is 1. The lowest BCUT2D eigenvalue weighted by Gasteiger charge is -2.13. The molecule has 7 heteroatoms. The van der Waals surface area contributed by atoms with E-state index in [1.165, 1.54) is 14.2 Å². The first-order valence-electron chi connectivity index (χ1n) is 6.12. The number of hydrogen-bond donors (Lipinski definition) is 3. The first kappa shape index (κ1) is 15.6. The molecule has 0 saturated carbocycles. The van der Waals surface area contributed by atoms with Crippen molar-refractivity contribution in [2.45, 2.75) is 12.8 Å². The number of methoxy groups -OCH3 is 1. The van der Waals surface area contributed by atoms with E-state index >= 15 is 0 Å². The molecule has 110 valence electrons. The zero-order chi connectivity index (χ0) is 15.1. The average molecular weight is 281 g/mol. The van der Waals surface area contributed by atoms with Gasteiger partial charge in [0.2, 0.25) is 5.91 Å². The van der Waals surface area contributed by atoms with Crippen LogP contribution in [0.15, 0.2) is 18.2 Å². The molecule has 0 bridgehead atoms. The fourth-order valence-electron chi connectivity index (χ4n) is 1.62. The molecule has 0 aromatic heterocycles. The SMILES string of the molecule is COc1cccc(NC(=O)CCCN(C)C(=O)O)c1N. The van der Waals surface area contributed by atoms with Crippen LogP contribution in [0, 0.1) is 0 Å². The van der Waals surface area contributed by atoms with Gasteiger partial charge in [-0.1, -0.05) is 6.07 Å². The lowest BCUT2D eigenvalue weighted by atomic mass is 10.2. The third kappa shape index (κ3) is 4.34. The maximum atomic E-state index is 11.7. The highest BCUT2D eigenvalue weighted by Gasteiger charge is 2.10. The van der Waals surface area contributed by atoms with E-state index in [2.05, 4.69) is 5.32 Å². The lowest BCUT2D eigenvalue weighted by molar-refractivity contribution is -0.116. The first-order chi connectivity index (χ1) is 9.45. The fraction of sp³-hybridized carbons (Fsp3) is 0.385. The van der Waals surface area contributed by atoms with Gasteiger partial charge in [0, 0.05) is 20.0 Å². The zero-order valence-corrected chi connectivity index (χ0v) is 11.5. The highest BCUT2D eigenvalue weighted by atomic mass is 16.5. The van der Waals surface area contributed by atoms with Gasteiger partial charge in [-0.25, -0.2) is 4.79 Å². The molecule has 0 aliphatic heterocycles. The quantitative estimate of drug-likeness (QED) is 0.687. The fourth-order valence-corrected chi connectivity index (χ4v) is 1.62. The van der Waals surface area contributed by atoms with Gasteiger partial charge in [-0.05, 0) is 18.6 Å². The molecule has 7 nitrogen and oxygen atoms in total. The Morgan fingerprint density at radius 3 is 2.75 bits per heavy atom. The number of benzene rings is 1. The van der Waals surface area contributed by atoms with E-state index in [0.717, 1.165) is 4.90 Å². The van der Waals surface area contributed by atoms with E-state index in [0.29, 0.717) is 30.1 Å². The Balaban J connectivity index is 2.49. The molecule has 0 aliphatic rings. The van der Waals surface area contributed by atoms with Crippen molar-refractivity contribution < 1.29 is 19.4 Å². The standard InChI is InChI=1S/C13H19N3O4/c1-16(13(18)19)8-4-7-11(17)15-9-5-3-6-10(20-2)12(9)14/h3,5-6H,4,7-8,14H2,1-2H3,(H,15,17)(H,18,19). The van der Waals surface area contributed by atoms with Gasteiger partial charge in [0.05, 0.1) is 18.5 Å². The number of anilines is 2. The molecule has 1 aromatic rings. The number of carbonyl (C=O) groups is 2. The first-order valence-corrected chi connectivity index (χ1v) is 6.12. The van der Waals surface area contributed by atoms with Crippen LogP contribution in [0.1, 0.15) is 12.8 Å². The number of ether oxygens (including phenoxy) is 1. The highest BCUT2D eigenvalue weighted by molar-refractivity contribution is 5.94. The largest absolute Gasteiger partial charge is 0.495 e. The minimum atomic E-state index is -1.01. The van der Waals surface area contributed by atoms with Crippen molar-refractivity contribution in [3.05, 3.63) is 18.2 Å². The van der Waals surface area contributed by atoms with E-state index in [1.54, 1.807) is 18.2 Å². The summed E-state index contributed by atoms with van der Waals surface area (Å²) in [6.07, 6.45) is -0.352. The van der Waals surface area contributed by atoms with Gasteiger partial charge >= 0.3 is 6.09 Å². The van der Waals surface area contributed by atoms with Crippen LogP contribution in [0.2, 0.25) is 0 Å². The van der Waals surface area contributed by atoms with E-state index in [4.69, 9.17) is 15.6 Å². The summed E-state index contributed by atoms with van der Waals surface area (Å²) < 4.78 is 5.06. The number of nitrogens with zero attached hydrogens (tertiary/aromatic N) is 1. The van der Waals surface area contributed by atoms with Gasteiger partial charge in [0.1, 0.15) is 5.75 Å². The van der Waals surface area contributed by atoms with E-state index in [9.17, 15) is 9.59 Å². The number of carboxylic acid groups (broad SMARTS) is 1. The molecule has 1 aromatic carbocycles. The Labute approximate surface area is 117 Å². The monoisotopic (exact) mass is 281 g/mol. The summed E-state index contributed by atoms with van der Waals surface area (Å²) in [5, 5.41) is 11.3. The summed E-state index contributed by atoms with van der Waals surface area (Å²) in [5.74, 6) is 0.275. The number of para-hydroxylation sites is 1. The molecule has 0 atom stereocenters. The molecular formula is C13H19N3O4. The molecule has 2 amide bonds. The Morgan fingerprint density at radius 1 is 1.45 bits per heavy atom. The van der Waals surface area contributed by atoms with Gasteiger partial charge in [-0.15, -0.1) is 0 Å². The molecule has 0 radical (unpaired) electrons. The predicted molar refractivity (Wildman–Crippen MR) is 75.9 cm³/mol. The van der Waals surface area contributed by atoms with Crippen molar-refractivity contribution in [1.82, 2.24) is 4.90 Å². The predicted octanol–water partition coefficient (Wildman–Crippen LogP) is 1.61. The van der Waals surface area contributed by atoms with Crippen LogP contribution in [0.25, 0.3) is 0 Å². The summed E-state index contributed by atoms with van der Waals surface area (Å²) >= 11 is 0. The number of nitrogens with one attached hydrogen (secondary N) is 1.